The van der Waals surface area contributed by atoms with Gasteiger partial charge in [-0.05, 0) is 39.1 Å². The van der Waals surface area contributed by atoms with Gasteiger partial charge >= 0.3 is 0 Å². The molecule has 1 aromatic carbocycles. The Hall–Kier alpha value is -1.13. The van der Waals surface area contributed by atoms with E-state index in [2.05, 4.69) is 5.32 Å². The van der Waals surface area contributed by atoms with Crippen molar-refractivity contribution in [2.45, 2.75) is 32.4 Å². The molecule has 3 nitrogen and oxygen atoms in total. The van der Waals surface area contributed by atoms with E-state index in [4.69, 9.17) is 4.74 Å². The predicted molar refractivity (Wildman–Crippen MR) is 65.6 cm³/mol. The Morgan fingerprint density at radius 2 is 2.12 bits per heavy atom. The van der Waals surface area contributed by atoms with E-state index in [-0.39, 0.29) is 5.82 Å². The fourth-order valence-corrected chi connectivity index (χ4v) is 1.43. The van der Waals surface area contributed by atoms with Gasteiger partial charge in [-0.3, -0.25) is 0 Å². The molecule has 1 rings (SSSR count). The molecular formula is C13H20FNO2. The van der Waals surface area contributed by atoms with Crippen LogP contribution in [0.2, 0.25) is 0 Å². The van der Waals surface area contributed by atoms with E-state index in [1.54, 1.807) is 27.0 Å². The molecule has 2 N–H and O–H groups in total. The van der Waals surface area contributed by atoms with E-state index in [1.807, 2.05) is 0 Å². The van der Waals surface area contributed by atoms with E-state index in [9.17, 15) is 9.50 Å². The summed E-state index contributed by atoms with van der Waals surface area (Å²) in [6.07, 6.45) is 0.531. The van der Waals surface area contributed by atoms with Crippen molar-refractivity contribution in [1.29, 1.82) is 0 Å². The van der Waals surface area contributed by atoms with E-state index in [0.29, 0.717) is 25.3 Å². The first-order valence-electron chi connectivity index (χ1n) is 5.70. The van der Waals surface area contributed by atoms with Crippen LogP contribution in [0.4, 0.5) is 4.39 Å². The predicted octanol–water partition coefficient (Wildman–Crippen LogP) is 2.08. The molecule has 0 unspecified atom stereocenters. The lowest BCUT2D eigenvalue weighted by Gasteiger charge is -2.18. The number of aliphatic hydroxyl groups is 1. The Labute approximate surface area is 102 Å². The Morgan fingerprint density at radius 3 is 2.71 bits per heavy atom. The number of nitrogens with one attached hydrogen (secondary N) is 1. The first kappa shape index (κ1) is 13.9. The molecule has 0 spiro atoms. The largest absolute Gasteiger partial charge is 0.493 e. The topological polar surface area (TPSA) is 41.5 Å². The third-order valence-corrected chi connectivity index (χ3v) is 2.36. The Kier molecular flexibility index (Phi) is 4.90. The average molecular weight is 241 g/mol. The Bertz CT molecular complexity index is 361. The quantitative estimate of drug-likeness (QED) is 0.801. The highest BCUT2D eigenvalue weighted by atomic mass is 19.1. The number of hydrogen-bond donors (Lipinski definition) is 2. The lowest BCUT2D eigenvalue weighted by Crippen LogP contribution is -2.22. The van der Waals surface area contributed by atoms with Crippen LogP contribution in [-0.2, 0) is 6.54 Å². The van der Waals surface area contributed by atoms with Crippen LogP contribution in [-0.4, -0.2) is 24.4 Å². The summed E-state index contributed by atoms with van der Waals surface area (Å²) in [4.78, 5) is 0. The van der Waals surface area contributed by atoms with Crippen LogP contribution in [0.5, 0.6) is 5.75 Å². The van der Waals surface area contributed by atoms with Gasteiger partial charge in [0.1, 0.15) is 11.6 Å². The van der Waals surface area contributed by atoms with Crippen LogP contribution >= 0.6 is 0 Å². The maximum absolute atomic E-state index is 13.1. The summed E-state index contributed by atoms with van der Waals surface area (Å²) < 4.78 is 18.6. The second-order valence-electron chi connectivity index (χ2n) is 4.69. The number of ether oxygens (including phenoxy) is 1. The monoisotopic (exact) mass is 241 g/mol. The number of hydrogen-bond acceptors (Lipinski definition) is 3. The molecule has 0 saturated carbocycles. The molecule has 0 amide bonds. The standard InChI is InChI=1S/C13H20FNO2/c1-13(2,16)6-7-17-12-5-4-11(14)8-10(12)9-15-3/h4-5,8,15-16H,6-7,9H2,1-3H3. The van der Waals surface area contributed by atoms with E-state index < -0.39 is 5.60 Å². The van der Waals surface area contributed by atoms with Crippen molar-refractivity contribution in [3.8, 4) is 5.75 Å². The van der Waals surface area contributed by atoms with Crippen molar-refractivity contribution in [3.63, 3.8) is 0 Å². The maximum atomic E-state index is 13.1. The van der Waals surface area contributed by atoms with Crippen molar-refractivity contribution in [2.75, 3.05) is 13.7 Å². The second-order valence-corrected chi connectivity index (χ2v) is 4.69. The Morgan fingerprint density at radius 1 is 1.41 bits per heavy atom. The number of halogens is 1. The van der Waals surface area contributed by atoms with Crippen molar-refractivity contribution >= 4 is 0 Å². The van der Waals surface area contributed by atoms with Gasteiger partial charge in [-0.15, -0.1) is 0 Å². The average Bonchev–Trinajstić information content (AvgIpc) is 2.20. The van der Waals surface area contributed by atoms with Crippen LogP contribution in [0.15, 0.2) is 18.2 Å². The summed E-state index contributed by atoms with van der Waals surface area (Å²) >= 11 is 0. The van der Waals surface area contributed by atoms with Crippen molar-refractivity contribution in [1.82, 2.24) is 5.32 Å². The first-order valence-corrected chi connectivity index (χ1v) is 5.70. The molecular weight excluding hydrogens is 221 g/mol. The summed E-state index contributed by atoms with van der Waals surface area (Å²) in [7, 11) is 1.80. The minimum Gasteiger partial charge on any atom is -0.493 e. The smallest absolute Gasteiger partial charge is 0.123 e. The number of rotatable bonds is 6. The molecule has 4 heteroatoms. The highest BCUT2D eigenvalue weighted by Gasteiger charge is 2.13. The summed E-state index contributed by atoms with van der Waals surface area (Å²) in [5, 5.41) is 12.5. The minimum absolute atomic E-state index is 0.273. The molecule has 0 heterocycles. The second kappa shape index (κ2) is 5.98. The minimum atomic E-state index is -0.747. The molecule has 0 fully saturated rings. The molecule has 0 aromatic heterocycles. The molecule has 0 aliphatic carbocycles. The lowest BCUT2D eigenvalue weighted by molar-refractivity contribution is 0.0552. The Balaban J connectivity index is 2.63. The van der Waals surface area contributed by atoms with Gasteiger partial charge in [0.15, 0.2) is 0 Å². The van der Waals surface area contributed by atoms with Crippen LogP contribution in [0, 0.1) is 5.82 Å². The zero-order valence-corrected chi connectivity index (χ0v) is 10.6. The van der Waals surface area contributed by atoms with E-state index >= 15 is 0 Å². The first-order chi connectivity index (χ1) is 7.92. The molecule has 96 valence electrons. The normalized spacial score (nSPS) is 11.6. The van der Waals surface area contributed by atoms with Crippen molar-refractivity contribution in [3.05, 3.63) is 29.6 Å². The van der Waals surface area contributed by atoms with Crippen LogP contribution in [0.1, 0.15) is 25.8 Å². The summed E-state index contributed by atoms with van der Waals surface area (Å²) in [6.45, 7) is 4.42. The third-order valence-electron chi connectivity index (χ3n) is 2.36. The molecule has 17 heavy (non-hydrogen) atoms. The molecule has 0 saturated heterocycles. The summed E-state index contributed by atoms with van der Waals surface area (Å²) in [5.41, 5.74) is 0.0340. The lowest BCUT2D eigenvalue weighted by atomic mass is 10.1. The molecule has 0 bridgehead atoms. The summed E-state index contributed by atoms with van der Waals surface area (Å²) in [6, 6.07) is 4.45. The van der Waals surface area contributed by atoms with Gasteiger partial charge < -0.3 is 15.2 Å². The SMILES string of the molecule is CNCc1cc(F)ccc1OCCC(C)(C)O. The van der Waals surface area contributed by atoms with Gasteiger partial charge in [0, 0.05) is 18.5 Å². The van der Waals surface area contributed by atoms with Crippen LogP contribution in [0.25, 0.3) is 0 Å². The van der Waals surface area contributed by atoms with Gasteiger partial charge in [0.2, 0.25) is 0 Å². The maximum Gasteiger partial charge on any atom is 0.123 e. The van der Waals surface area contributed by atoms with Gasteiger partial charge in [-0.25, -0.2) is 4.39 Å². The molecule has 0 aliphatic rings. The molecule has 0 aliphatic heterocycles. The number of benzene rings is 1. The van der Waals surface area contributed by atoms with Crippen LogP contribution < -0.4 is 10.1 Å². The zero-order chi connectivity index (χ0) is 12.9. The highest BCUT2D eigenvalue weighted by Crippen LogP contribution is 2.20. The zero-order valence-electron chi connectivity index (χ0n) is 10.6. The van der Waals surface area contributed by atoms with Gasteiger partial charge in [0.05, 0.1) is 12.2 Å². The van der Waals surface area contributed by atoms with Gasteiger partial charge in [-0.2, -0.15) is 0 Å². The van der Waals surface area contributed by atoms with Crippen molar-refractivity contribution < 1.29 is 14.2 Å². The summed E-state index contributed by atoms with van der Waals surface area (Å²) in [5.74, 6) is 0.384. The van der Waals surface area contributed by atoms with Gasteiger partial charge in [0.25, 0.3) is 0 Å². The van der Waals surface area contributed by atoms with Crippen LogP contribution in [0.3, 0.4) is 0 Å². The fraction of sp³-hybridized carbons (Fsp3) is 0.538. The third kappa shape index (κ3) is 5.15. The van der Waals surface area contributed by atoms with E-state index in [1.165, 1.54) is 12.1 Å². The molecule has 0 radical (unpaired) electrons. The van der Waals surface area contributed by atoms with Crippen molar-refractivity contribution in [2.24, 2.45) is 0 Å². The van der Waals surface area contributed by atoms with E-state index in [0.717, 1.165) is 5.56 Å². The fourth-order valence-electron chi connectivity index (χ4n) is 1.43. The van der Waals surface area contributed by atoms with Gasteiger partial charge in [-0.1, -0.05) is 0 Å². The molecule has 1 aromatic rings. The highest BCUT2D eigenvalue weighted by molar-refractivity contribution is 5.33. The molecule has 0 atom stereocenters.